The maximum absolute atomic E-state index is 13.6. The van der Waals surface area contributed by atoms with E-state index < -0.39 is 26.6 Å². The number of benzene rings is 2. The minimum atomic E-state index is -4.10. The van der Waals surface area contributed by atoms with Gasteiger partial charge in [0.05, 0.1) is 6.04 Å². The van der Waals surface area contributed by atoms with Crippen molar-refractivity contribution in [3.63, 3.8) is 0 Å². The number of amides is 1. The Morgan fingerprint density at radius 2 is 1.81 bits per heavy atom. The van der Waals surface area contributed by atoms with E-state index in [1.165, 1.54) is 0 Å². The summed E-state index contributed by atoms with van der Waals surface area (Å²) >= 11 is 0. The molecule has 2 aromatic rings. The SMILES string of the molecule is C[C@H](NC(=O)CCCNS(=O)(=O)c1ccc(F)cc1F)c1ccccc1. The van der Waals surface area contributed by atoms with Crippen LogP contribution in [0.4, 0.5) is 8.78 Å². The van der Waals surface area contributed by atoms with Crippen molar-refractivity contribution in [2.75, 3.05) is 6.54 Å². The molecule has 2 N–H and O–H groups in total. The average molecular weight is 382 g/mol. The third kappa shape index (κ3) is 5.60. The average Bonchev–Trinajstić information content (AvgIpc) is 2.59. The third-order valence-corrected chi connectivity index (χ3v) is 5.23. The summed E-state index contributed by atoms with van der Waals surface area (Å²) in [6, 6.07) is 11.5. The molecule has 0 aliphatic carbocycles. The van der Waals surface area contributed by atoms with Crippen molar-refractivity contribution >= 4 is 15.9 Å². The number of halogens is 2. The topological polar surface area (TPSA) is 75.3 Å². The smallest absolute Gasteiger partial charge is 0.243 e. The second-order valence-corrected chi connectivity index (χ2v) is 7.51. The molecule has 0 aliphatic rings. The fourth-order valence-corrected chi connectivity index (χ4v) is 3.50. The summed E-state index contributed by atoms with van der Waals surface area (Å²) in [4.78, 5) is 11.3. The number of rotatable bonds is 8. The molecule has 140 valence electrons. The van der Waals surface area contributed by atoms with Crippen molar-refractivity contribution < 1.29 is 22.0 Å². The molecule has 0 heterocycles. The van der Waals surface area contributed by atoms with E-state index in [2.05, 4.69) is 10.0 Å². The first kappa shape index (κ1) is 20.0. The highest BCUT2D eigenvalue weighted by molar-refractivity contribution is 7.89. The first-order chi connectivity index (χ1) is 12.3. The van der Waals surface area contributed by atoms with Crippen LogP contribution in [-0.4, -0.2) is 20.9 Å². The lowest BCUT2D eigenvalue weighted by Crippen LogP contribution is -2.29. The third-order valence-electron chi connectivity index (χ3n) is 3.73. The van der Waals surface area contributed by atoms with Crippen LogP contribution in [0.15, 0.2) is 53.4 Å². The van der Waals surface area contributed by atoms with Gasteiger partial charge in [-0.15, -0.1) is 0 Å². The molecule has 0 fully saturated rings. The molecular formula is C18H20F2N2O3S. The molecule has 0 unspecified atom stereocenters. The van der Waals surface area contributed by atoms with Crippen LogP contribution in [0.5, 0.6) is 0 Å². The molecule has 0 bridgehead atoms. The van der Waals surface area contributed by atoms with Crippen LogP contribution in [0.2, 0.25) is 0 Å². The highest BCUT2D eigenvalue weighted by atomic mass is 32.2. The number of hydrogen-bond donors (Lipinski definition) is 2. The van der Waals surface area contributed by atoms with Gasteiger partial charge in [0.25, 0.3) is 0 Å². The second-order valence-electron chi connectivity index (χ2n) is 5.78. The molecule has 0 saturated carbocycles. The minimum absolute atomic E-state index is 0.0354. The fraction of sp³-hybridized carbons (Fsp3) is 0.278. The largest absolute Gasteiger partial charge is 0.350 e. The van der Waals surface area contributed by atoms with E-state index in [1.54, 1.807) is 0 Å². The lowest BCUT2D eigenvalue weighted by molar-refractivity contribution is -0.121. The Balaban J connectivity index is 1.79. The number of carbonyl (C=O) groups excluding carboxylic acids is 1. The standard InChI is InChI=1S/C18H20F2N2O3S/c1-13(14-6-3-2-4-7-14)22-18(23)8-5-11-21-26(24,25)17-10-9-15(19)12-16(17)20/h2-4,6-7,9-10,12-13,21H,5,8,11H2,1H3,(H,22,23)/t13-/m0/s1. The van der Waals surface area contributed by atoms with E-state index in [1.807, 2.05) is 37.3 Å². The lowest BCUT2D eigenvalue weighted by Gasteiger charge is -2.14. The van der Waals surface area contributed by atoms with Crippen LogP contribution in [0, 0.1) is 11.6 Å². The van der Waals surface area contributed by atoms with E-state index >= 15 is 0 Å². The summed E-state index contributed by atoms with van der Waals surface area (Å²) < 4.78 is 52.6. The molecule has 0 spiro atoms. The molecule has 0 radical (unpaired) electrons. The van der Waals surface area contributed by atoms with E-state index in [4.69, 9.17) is 0 Å². The first-order valence-electron chi connectivity index (χ1n) is 8.08. The van der Waals surface area contributed by atoms with Gasteiger partial charge >= 0.3 is 0 Å². The zero-order valence-corrected chi connectivity index (χ0v) is 15.0. The van der Waals surface area contributed by atoms with Gasteiger partial charge < -0.3 is 5.32 Å². The highest BCUT2D eigenvalue weighted by Crippen LogP contribution is 2.15. The van der Waals surface area contributed by atoms with Crippen LogP contribution in [0.3, 0.4) is 0 Å². The van der Waals surface area contributed by atoms with Crippen LogP contribution in [0.25, 0.3) is 0 Å². The Morgan fingerprint density at radius 1 is 1.12 bits per heavy atom. The highest BCUT2D eigenvalue weighted by Gasteiger charge is 2.19. The molecular weight excluding hydrogens is 362 g/mol. The zero-order chi connectivity index (χ0) is 19.2. The number of nitrogens with one attached hydrogen (secondary N) is 2. The Kier molecular flexibility index (Phi) is 6.82. The predicted octanol–water partition coefficient (Wildman–Crippen LogP) is 2.90. The van der Waals surface area contributed by atoms with E-state index in [0.29, 0.717) is 6.07 Å². The number of carbonyl (C=O) groups is 1. The Morgan fingerprint density at radius 3 is 2.46 bits per heavy atom. The maximum Gasteiger partial charge on any atom is 0.243 e. The van der Waals surface area contributed by atoms with Crippen molar-refractivity contribution in [2.45, 2.75) is 30.7 Å². The van der Waals surface area contributed by atoms with Crippen LogP contribution < -0.4 is 10.0 Å². The number of hydrogen-bond acceptors (Lipinski definition) is 3. The van der Waals surface area contributed by atoms with Crippen molar-refractivity contribution in [1.82, 2.24) is 10.0 Å². The molecule has 0 aliphatic heterocycles. The molecule has 26 heavy (non-hydrogen) atoms. The van der Waals surface area contributed by atoms with Gasteiger partial charge in [0.15, 0.2) is 0 Å². The van der Waals surface area contributed by atoms with Gasteiger partial charge in [-0.25, -0.2) is 21.9 Å². The Labute approximate surface area is 151 Å². The predicted molar refractivity (Wildman–Crippen MR) is 93.8 cm³/mol. The van der Waals surface area contributed by atoms with Gasteiger partial charge in [-0.1, -0.05) is 30.3 Å². The minimum Gasteiger partial charge on any atom is -0.350 e. The van der Waals surface area contributed by atoms with Gasteiger partial charge in [-0.05, 0) is 31.0 Å². The van der Waals surface area contributed by atoms with Crippen molar-refractivity contribution in [3.8, 4) is 0 Å². The Hall–Kier alpha value is -2.32. The quantitative estimate of drug-likeness (QED) is 0.690. The Bertz CT molecular complexity index is 858. The van der Waals surface area contributed by atoms with Crippen molar-refractivity contribution in [2.24, 2.45) is 0 Å². The van der Waals surface area contributed by atoms with Crippen LogP contribution in [0.1, 0.15) is 31.4 Å². The van der Waals surface area contributed by atoms with Crippen LogP contribution >= 0.6 is 0 Å². The van der Waals surface area contributed by atoms with E-state index in [0.717, 1.165) is 17.7 Å². The fourth-order valence-electron chi connectivity index (χ4n) is 2.37. The van der Waals surface area contributed by atoms with Crippen LogP contribution in [-0.2, 0) is 14.8 Å². The lowest BCUT2D eigenvalue weighted by atomic mass is 10.1. The van der Waals surface area contributed by atoms with Gasteiger partial charge in [-0.2, -0.15) is 0 Å². The maximum atomic E-state index is 13.6. The van der Waals surface area contributed by atoms with Gasteiger partial charge in [-0.3, -0.25) is 4.79 Å². The van der Waals surface area contributed by atoms with Crippen molar-refractivity contribution in [3.05, 3.63) is 65.7 Å². The monoisotopic (exact) mass is 382 g/mol. The molecule has 8 heteroatoms. The normalized spacial score (nSPS) is 12.6. The molecule has 1 amide bonds. The molecule has 5 nitrogen and oxygen atoms in total. The molecule has 0 saturated heterocycles. The van der Waals surface area contributed by atoms with E-state index in [9.17, 15) is 22.0 Å². The van der Waals surface area contributed by atoms with Gasteiger partial charge in [0.1, 0.15) is 16.5 Å². The van der Waals surface area contributed by atoms with Crippen molar-refractivity contribution in [1.29, 1.82) is 0 Å². The summed E-state index contributed by atoms with van der Waals surface area (Å²) in [5, 5.41) is 2.82. The second kappa shape index (κ2) is 8.86. The molecule has 2 rings (SSSR count). The summed E-state index contributed by atoms with van der Waals surface area (Å²) in [6.45, 7) is 1.82. The molecule has 1 atom stereocenters. The summed E-state index contributed by atoms with van der Waals surface area (Å²) in [7, 11) is -4.10. The number of sulfonamides is 1. The molecule has 0 aromatic heterocycles. The summed E-state index contributed by atoms with van der Waals surface area (Å²) in [5.74, 6) is -2.23. The molecule has 2 aromatic carbocycles. The van der Waals surface area contributed by atoms with E-state index in [-0.39, 0.29) is 31.3 Å². The first-order valence-corrected chi connectivity index (χ1v) is 9.57. The zero-order valence-electron chi connectivity index (χ0n) is 14.2. The summed E-state index contributed by atoms with van der Waals surface area (Å²) in [5.41, 5.74) is 0.966. The van der Waals surface area contributed by atoms with Gasteiger partial charge in [0.2, 0.25) is 15.9 Å². The van der Waals surface area contributed by atoms with Gasteiger partial charge in [0, 0.05) is 19.0 Å². The summed E-state index contributed by atoms with van der Waals surface area (Å²) in [6.07, 6.45) is 0.362.